The molecule has 2 rings (SSSR count). The molecule has 1 unspecified atom stereocenters. The molecule has 1 aromatic carbocycles. The fourth-order valence-corrected chi connectivity index (χ4v) is 3.28. The maximum absolute atomic E-state index is 5.54. The van der Waals surface area contributed by atoms with Crippen molar-refractivity contribution in [2.24, 2.45) is 5.92 Å². The molecule has 2 nitrogen and oxygen atoms in total. The van der Waals surface area contributed by atoms with Gasteiger partial charge in [0.2, 0.25) is 0 Å². The van der Waals surface area contributed by atoms with Crippen LogP contribution in [0.3, 0.4) is 0 Å². The average Bonchev–Trinajstić information content (AvgIpc) is 2.53. The van der Waals surface area contributed by atoms with Crippen molar-refractivity contribution < 1.29 is 4.74 Å². The van der Waals surface area contributed by atoms with Gasteiger partial charge in [-0.05, 0) is 54.8 Å². The Morgan fingerprint density at radius 2 is 1.90 bits per heavy atom. The summed E-state index contributed by atoms with van der Waals surface area (Å²) in [4.78, 5) is 0. The molecule has 0 aromatic heterocycles. The summed E-state index contributed by atoms with van der Waals surface area (Å²) in [6, 6.07) is 7.54. The van der Waals surface area contributed by atoms with Gasteiger partial charge >= 0.3 is 0 Å². The van der Waals surface area contributed by atoms with Crippen LogP contribution in [0.25, 0.3) is 0 Å². The molecule has 0 aliphatic carbocycles. The second-order valence-corrected chi connectivity index (χ2v) is 5.73. The molecule has 1 aromatic rings. The third-order valence-corrected chi connectivity index (χ3v) is 4.50. The van der Waals surface area contributed by atoms with Gasteiger partial charge < -0.3 is 10.1 Å². The zero-order chi connectivity index (χ0) is 14.4. The summed E-state index contributed by atoms with van der Waals surface area (Å²) in [5, 5.41) is 3.74. The molecule has 0 bridgehead atoms. The van der Waals surface area contributed by atoms with Crippen LogP contribution in [0.4, 0.5) is 0 Å². The van der Waals surface area contributed by atoms with Gasteiger partial charge in [0, 0.05) is 19.3 Å². The monoisotopic (exact) mass is 275 g/mol. The zero-order valence-electron chi connectivity index (χ0n) is 13.2. The highest BCUT2D eigenvalue weighted by Crippen LogP contribution is 2.32. The first-order valence-electron chi connectivity index (χ1n) is 8.22. The minimum absolute atomic E-state index is 0.491. The lowest BCUT2D eigenvalue weighted by Crippen LogP contribution is -2.32. The standard InChI is InChI=1S/C18H29NO/c1-4-14-7-8-15(5-2)17(13-14)18(19-6-3)16-9-11-20-12-10-16/h7-8,13,16,18-19H,4-6,9-12H2,1-3H3. The molecular formula is C18H29NO. The number of aryl methyl sites for hydroxylation is 2. The van der Waals surface area contributed by atoms with Crippen molar-refractivity contribution in [3.63, 3.8) is 0 Å². The molecular weight excluding hydrogens is 246 g/mol. The van der Waals surface area contributed by atoms with Gasteiger partial charge in [-0.3, -0.25) is 0 Å². The number of rotatable bonds is 6. The minimum Gasteiger partial charge on any atom is -0.381 e. The van der Waals surface area contributed by atoms with Crippen LogP contribution in [-0.4, -0.2) is 19.8 Å². The Bertz CT molecular complexity index is 410. The van der Waals surface area contributed by atoms with E-state index < -0.39 is 0 Å². The molecule has 1 fully saturated rings. The van der Waals surface area contributed by atoms with Crippen LogP contribution in [0, 0.1) is 5.92 Å². The van der Waals surface area contributed by atoms with Gasteiger partial charge in [0.25, 0.3) is 0 Å². The second-order valence-electron chi connectivity index (χ2n) is 5.73. The van der Waals surface area contributed by atoms with Crippen molar-refractivity contribution in [3.8, 4) is 0 Å². The summed E-state index contributed by atoms with van der Waals surface area (Å²) in [5.74, 6) is 0.709. The normalized spacial score (nSPS) is 18.1. The Labute approximate surface area is 123 Å². The van der Waals surface area contributed by atoms with Crippen molar-refractivity contribution in [2.45, 2.75) is 52.5 Å². The Balaban J connectivity index is 2.30. The van der Waals surface area contributed by atoms with E-state index in [9.17, 15) is 0 Å². The first-order valence-corrected chi connectivity index (χ1v) is 8.22. The van der Waals surface area contributed by atoms with Gasteiger partial charge in [-0.2, -0.15) is 0 Å². The molecule has 1 heterocycles. The Hall–Kier alpha value is -0.860. The molecule has 0 saturated carbocycles. The highest BCUT2D eigenvalue weighted by atomic mass is 16.5. The lowest BCUT2D eigenvalue weighted by molar-refractivity contribution is 0.0537. The molecule has 1 N–H and O–H groups in total. The predicted molar refractivity (Wildman–Crippen MR) is 85.2 cm³/mol. The Kier molecular flexibility index (Phi) is 6.06. The van der Waals surface area contributed by atoms with E-state index in [0.717, 1.165) is 32.6 Å². The van der Waals surface area contributed by atoms with Crippen LogP contribution < -0.4 is 5.32 Å². The number of hydrogen-bond acceptors (Lipinski definition) is 2. The summed E-state index contributed by atoms with van der Waals surface area (Å²) < 4.78 is 5.54. The van der Waals surface area contributed by atoms with Crippen LogP contribution in [0.15, 0.2) is 18.2 Å². The predicted octanol–water partition coefficient (Wildman–Crippen LogP) is 3.89. The fraction of sp³-hybridized carbons (Fsp3) is 0.667. The number of hydrogen-bond donors (Lipinski definition) is 1. The van der Waals surface area contributed by atoms with Crippen LogP contribution in [0.2, 0.25) is 0 Å². The summed E-state index contributed by atoms with van der Waals surface area (Å²) in [7, 11) is 0. The Morgan fingerprint density at radius 1 is 1.15 bits per heavy atom. The van der Waals surface area contributed by atoms with E-state index >= 15 is 0 Å². The second kappa shape index (κ2) is 7.80. The highest BCUT2D eigenvalue weighted by molar-refractivity contribution is 5.35. The van der Waals surface area contributed by atoms with Gasteiger partial charge in [-0.1, -0.05) is 39.0 Å². The topological polar surface area (TPSA) is 21.3 Å². The molecule has 2 heteroatoms. The van der Waals surface area contributed by atoms with E-state index in [-0.39, 0.29) is 0 Å². The number of benzene rings is 1. The highest BCUT2D eigenvalue weighted by Gasteiger charge is 2.26. The van der Waals surface area contributed by atoms with E-state index in [1.807, 2.05) is 0 Å². The molecule has 0 amide bonds. The largest absolute Gasteiger partial charge is 0.381 e. The van der Waals surface area contributed by atoms with Crippen molar-refractivity contribution in [1.82, 2.24) is 5.32 Å². The minimum atomic E-state index is 0.491. The fourth-order valence-electron chi connectivity index (χ4n) is 3.28. The SMILES string of the molecule is CCNC(c1cc(CC)ccc1CC)C1CCOCC1. The van der Waals surface area contributed by atoms with E-state index in [1.165, 1.54) is 29.5 Å². The summed E-state index contributed by atoms with van der Waals surface area (Å²) >= 11 is 0. The average molecular weight is 275 g/mol. The Morgan fingerprint density at radius 3 is 2.50 bits per heavy atom. The molecule has 1 aliphatic heterocycles. The molecule has 1 saturated heterocycles. The summed E-state index contributed by atoms with van der Waals surface area (Å²) in [5.41, 5.74) is 4.48. The maximum atomic E-state index is 5.54. The number of nitrogens with one attached hydrogen (secondary N) is 1. The van der Waals surface area contributed by atoms with Crippen molar-refractivity contribution in [3.05, 3.63) is 34.9 Å². The van der Waals surface area contributed by atoms with E-state index in [0.29, 0.717) is 12.0 Å². The summed E-state index contributed by atoms with van der Waals surface area (Å²) in [6.45, 7) is 9.57. The maximum Gasteiger partial charge on any atom is 0.0469 e. The number of ether oxygens (including phenoxy) is 1. The van der Waals surface area contributed by atoms with Crippen molar-refractivity contribution in [1.29, 1.82) is 0 Å². The van der Waals surface area contributed by atoms with Gasteiger partial charge in [-0.25, -0.2) is 0 Å². The summed E-state index contributed by atoms with van der Waals surface area (Å²) in [6.07, 6.45) is 4.59. The molecule has 1 atom stereocenters. The molecule has 0 radical (unpaired) electrons. The third kappa shape index (κ3) is 3.62. The van der Waals surface area contributed by atoms with Gasteiger partial charge in [0.05, 0.1) is 0 Å². The van der Waals surface area contributed by atoms with Crippen LogP contribution >= 0.6 is 0 Å². The first kappa shape index (κ1) is 15.5. The zero-order valence-corrected chi connectivity index (χ0v) is 13.2. The molecule has 20 heavy (non-hydrogen) atoms. The smallest absolute Gasteiger partial charge is 0.0469 e. The van der Waals surface area contributed by atoms with Gasteiger partial charge in [-0.15, -0.1) is 0 Å². The van der Waals surface area contributed by atoms with Crippen molar-refractivity contribution >= 4 is 0 Å². The van der Waals surface area contributed by atoms with E-state index in [4.69, 9.17) is 4.74 Å². The molecule has 0 spiro atoms. The van der Waals surface area contributed by atoms with E-state index in [2.05, 4.69) is 44.3 Å². The van der Waals surface area contributed by atoms with Crippen LogP contribution in [0.5, 0.6) is 0 Å². The van der Waals surface area contributed by atoms with Gasteiger partial charge in [0.15, 0.2) is 0 Å². The molecule has 112 valence electrons. The lowest BCUT2D eigenvalue weighted by Gasteiger charge is -2.32. The third-order valence-electron chi connectivity index (χ3n) is 4.50. The van der Waals surface area contributed by atoms with Crippen LogP contribution in [0.1, 0.15) is 56.3 Å². The van der Waals surface area contributed by atoms with Crippen LogP contribution in [-0.2, 0) is 17.6 Å². The first-order chi connectivity index (χ1) is 9.80. The van der Waals surface area contributed by atoms with E-state index in [1.54, 1.807) is 0 Å². The quantitative estimate of drug-likeness (QED) is 0.850. The lowest BCUT2D eigenvalue weighted by atomic mass is 9.83. The molecule has 1 aliphatic rings. The van der Waals surface area contributed by atoms with Crippen molar-refractivity contribution in [2.75, 3.05) is 19.8 Å². The van der Waals surface area contributed by atoms with Gasteiger partial charge in [0.1, 0.15) is 0 Å².